The summed E-state index contributed by atoms with van der Waals surface area (Å²) in [6.07, 6.45) is 2.80. The lowest BCUT2D eigenvalue weighted by Gasteiger charge is -2.17. The smallest absolute Gasteiger partial charge is 0.344 e. The Morgan fingerprint density at radius 3 is 2.74 bits per heavy atom. The van der Waals surface area contributed by atoms with Crippen LogP contribution in [0.15, 0.2) is 39.7 Å². The largest absolute Gasteiger partial charge is 0.490 e. The van der Waals surface area contributed by atoms with Gasteiger partial charge >= 0.3 is 5.97 Å². The van der Waals surface area contributed by atoms with E-state index in [0.717, 1.165) is 5.56 Å². The van der Waals surface area contributed by atoms with Crippen LogP contribution in [0.3, 0.4) is 0 Å². The molecule has 2 aromatic rings. The number of rotatable bonds is 9. The third-order valence-corrected chi connectivity index (χ3v) is 5.97. The summed E-state index contributed by atoms with van der Waals surface area (Å²) in [5, 5.41) is 12.3. The van der Waals surface area contributed by atoms with Crippen molar-refractivity contribution >= 4 is 51.4 Å². The Morgan fingerprint density at radius 2 is 2.13 bits per heavy atom. The molecule has 1 aromatic carbocycles. The maximum Gasteiger partial charge on any atom is 0.344 e. The van der Waals surface area contributed by atoms with E-state index in [0.29, 0.717) is 46.3 Å². The van der Waals surface area contributed by atoms with Gasteiger partial charge in [0.25, 0.3) is 5.91 Å². The maximum atomic E-state index is 12.8. The van der Waals surface area contributed by atoms with E-state index in [-0.39, 0.29) is 5.91 Å². The Bertz CT molecular complexity index is 1000. The first-order chi connectivity index (χ1) is 15.0. The van der Waals surface area contributed by atoms with Crippen LogP contribution in [-0.4, -0.2) is 51.3 Å². The van der Waals surface area contributed by atoms with Gasteiger partial charge in [0, 0.05) is 18.1 Å². The Hall–Kier alpha value is -2.85. The minimum Gasteiger partial charge on any atom is -0.490 e. The summed E-state index contributed by atoms with van der Waals surface area (Å²) in [5.41, 5.74) is 0.738. The molecule has 8 nitrogen and oxygen atoms in total. The number of ether oxygens (including phenoxy) is 2. The predicted octanol–water partition coefficient (Wildman–Crippen LogP) is 4.41. The van der Waals surface area contributed by atoms with Crippen LogP contribution in [-0.2, 0) is 9.59 Å². The number of thioether (sulfide) groups is 1. The third kappa shape index (κ3) is 5.45. The van der Waals surface area contributed by atoms with E-state index < -0.39 is 12.1 Å². The number of hydrogen-bond donors (Lipinski definition) is 1. The molecular formula is C21H23N3O5S2. The van der Waals surface area contributed by atoms with Crippen molar-refractivity contribution < 1.29 is 24.2 Å². The number of amidine groups is 1. The second kappa shape index (κ2) is 10.5. The van der Waals surface area contributed by atoms with Crippen molar-refractivity contribution in [2.45, 2.75) is 33.3 Å². The molecule has 3 rings (SSSR count). The maximum absolute atomic E-state index is 12.8. The first-order valence-corrected chi connectivity index (χ1v) is 11.5. The zero-order chi connectivity index (χ0) is 22.4. The van der Waals surface area contributed by atoms with Crippen molar-refractivity contribution in [2.75, 3.05) is 13.2 Å². The van der Waals surface area contributed by atoms with Gasteiger partial charge in [-0.1, -0.05) is 13.0 Å². The number of carbonyl (C=O) groups excluding carboxylic acids is 1. The molecule has 1 aromatic heterocycles. The zero-order valence-corrected chi connectivity index (χ0v) is 19.0. The van der Waals surface area contributed by atoms with Gasteiger partial charge in [0.15, 0.2) is 22.8 Å². The van der Waals surface area contributed by atoms with Crippen LogP contribution in [0.4, 0.5) is 5.13 Å². The number of amides is 1. The van der Waals surface area contributed by atoms with Gasteiger partial charge < -0.3 is 14.6 Å². The van der Waals surface area contributed by atoms with Crippen LogP contribution in [0.25, 0.3) is 6.08 Å². The molecule has 0 bridgehead atoms. The highest BCUT2D eigenvalue weighted by Gasteiger charge is 2.32. The van der Waals surface area contributed by atoms with Crippen molar-refractivity contribution in [3.8, 4) is 11.5 Å². The average molecular weight is 462 g/mol. The number of carbonyl (C=O) groups is 2. The summed E-state index contributed by atoms with van der Waals surface area (Å²) < 4.78 is 11.3. The average Bonchev–Trinajstić information content (AvgIpc) is 3.35. The standard InChI is InChI=1S/C21H23N3O5S2/c1-4-14(19(26)27)29-15-8-7-13(11-16(15)28-6-3)12-17-18(25)24(5-2)21(31-17)23-20-22-9-10-30-20/h7-12,14H,4-6H2,1-3H3,(H,26,27)/b17-12+,23-21+. The summed E-state index contributed by atoms with van der Waals surface area (Å²) in [6, 6.07) is 5.16. The molecule has 1 unspecified atom stereocenters. The quantitative estimate of drug-likeness (QED) is 0.552. The number of carboxylic acids is 1. The highest BCUT2D eigenvalue weighted by molar-refractivity contribution is 8.18. The molecule has 0 saturated carbocycles. The summed E-state index contributed by atoms with van der Waals surface area (Å²) in [4.78, 5) is 34.9. The molecule has 31 heavy (non-hydrogen) atoms. The van der Waals surface area contributed by atoms with Crippen LogP contribution in [0, 0.1) is 0 Å². The fraction of sp³-hybridized carbons (Fsp3) is 0.333. The van der Waals surface area contributed by atoms with Crippen LogP contribution in [0.2, 0.25) is 0 Å². The lowest BCUT2D eigenvalue weighted by molar-refractivity contribution is -0.145. The second-order valence-electron chi connectivity index (χ2n) is 6.36. The summed E-state index contributed by atoms with van der Waals surface area (Å²) in [5.74, 6) is -0.380. The van der Waals surface area contributed by atoms with E-state index in [1.807, 2.05) is 19.2 Å². The Balaban J connectivity index is 1.89. The minimum absolute atomic E-state index is 0.127. The molecular weight excluding hydrogens is 438 g/mol. The minimum atomic E-state index is -1.03. The van der Waals surface area contributed by atoms with Gasteiger partial charge in [-0.15, -0.1) is 11.3 Å². The number of hydrogen-bond acceptors (Lipinski definition) is 8. The lowest BCUT2D eigenvalue weighted by Crippen LogP contribution is -2.28. The topological polar surface area (TPSA) is 101 Å². The number of aromatic nitrogens is 1. The van der Waals surface area contributed by atoms with Crippen molar-refractivity contribution in [2.24, 2.45) is 4.99 Å². The van der Waals surface area contributed by atoms with E-state index >= 15 is 0 Å². The summed E-state index contributed by atoms with van der Waals surface area (Å²) in [6.45, 7) is 6.36. The van der Waals surface area contributed by atoms with Crippen LogP contribution < -0.4 is 9.47 Å². The molecule has 1 atom stereocenters. The normalized spacial score (nSPS) is 17.4. The van der Waals surface area contributed by atoms with E-state index in [2.05, 4.69) is 9.98 Å². The number of nitrogens with zero attached hydrogens (tertiary/aromatic N) is 3. The van der Waals surface area contributed by atoms with Gasteiger partial charge in [0.05, 0.1) is 11.5 Å². The monoisotopic (exact) mass is 461 g/mol. The Morgan fingerprint density at radius 1 is 1.32 bits per heavy atom. The molecule has 2 heterocycles. The molecule has 1 fully saturated rings. The highest BCUT2D eigenvalue weighted by Crippen LogP contribution is 2.36. The van der Waals surface area contributed by atoms with Gasteiger partial charge in [-0.3, -0.25) is 9.69 Å². The molecule has 1 amide bonds. The first-order valence-electron chi connectivity index (χ1n) is 9.82. The van der Waals surface area contributed by atoms with Crippen LogP contribution >= 0.6 is 23.1 Å². The number of likely N-dealkylation sites (N-methyl/N-ethyl adjacent to an activating group) is 1. The predicted molar refractivity (Wildman–Crippen MR) is 122 cm³/mol. The van der Waals surface area contributed by atoms with Gasteiger partial charge in [-0.25, -0.2) is 9.78 Å². The molecule has 1 aliphatic heterocycles. The fourth-order valence-electron chi connectivity index (χ4n) is 2.82. The van der Waals surface area contributed by atoms with E-state index in [4.69, 9.17) is 9.47 Å². The Labute approximate surface area is 188 Å². The van der Waals surface area contributed by atoms with Crippen LogP contribution in [0.5, 0.6) is 11.5 Å². The van der Waals surface area contributed by atoms with E-state index in [9.17, 15) is 14.7 Å². The molecule has 0 spiro atoms. The molecule has 0 radical (unpaired) electrons. The number of benzene rings is 1. The SMILES string of the molecule is CCOc1cc(/C=C2/S/C(=N/c3nccs3)N(CC)C2=O)ccc1OC(CC)C(=O)O. The molecule has 10 heteroatoms. The van der Waals surface area contributed by atoms with Gasteiger partial charge in [0.2, 0.25) is 5.13 Å². The molecule has 0 aliphatic carbocycles. The lowest BCUT2D eigenvalue weighted by atomic mass is 10.1. The van der Waals surface area contributed by atoms with Gasteiger partial charge in [0.1, 0.15) is 0 Å². The van der Waals surface area contributed by atoms with E-state index in [1.54, 1.807) is 42.3 Å². The number of aliphatic imine (C=N–C) groups is 1. The number of aliphatic carboxylic acids is 1. The van der Waals surface area contributed by atoms with Gasteiger partial charge in [-0.05, 0) is 55.8 Å². The zero-order valence-electron chi connectivity index (χ0n) is 17.4. The highest BCUT2D eigenvalue weighted by atomic mass is 32.2. The first kappa shape index (κ1) is 22.8. The van der Waals surface area contributed by atoms with Gasteiger partial charge in [-0.2, -0.15) is 4.99 Å². The van der Waals surface area contributed by atoms with Crippen LogP contribution in [0.1, 0.15) is 32.8 Å². The molecule has 164 valence electrons. The number of thiazole rings is 1. The van der Waals surface area contributed by atoms with Crippen molar-refractivity contribution in [3.05, 3.63) is 40.2 Å². The molecule has 1 N–H and O–H groups in total. The molecule has 1 saturated heterocycles. The van der Waals surface area contributed by atoms with Crippen molar-refractivity contribution in [1.29, 1.82) is 0 Å². The molecule has 1 aliphatic rings. The fourth-order valence-corrected chi connectivity index (χ4v) is 4.42. The van der Waals surface area contributed by atoms with Crippen molar-refractivity contribution in [3.63, 3.8) is 0 Å². The Kier molecular flexibility index (Phi) is 7.69. The second-order valence-corrected chi connectivity index (χ2v) is 8.24. The third-order valence-electron chi connectivity index (χ3n) is 4.30. The number of carboxylic acid groups (broad SMARTS) is 1. The van der Waals surface area contributed by atoms with E-state index in [1.165, 1.54) is 23.1 Å². The van der Waals surface area contributed by atoms with Crippen molar-refractivity contribution in [1.82, 2.24) is 9.88 Å². The summed E-state index contributed by atoms with van der Waals surface area (Å²) in [7, 11) is 0. The summed E-state index contributed by atoms with van der Waals surface area (Å²) >= 11 is 2.70.